The molecule has 0 saturated heterocycles. The summed E-state index contributed by atoms with van der Waals surface area (Å²) in [5.41, 5.74) is 1.93. The Morgan fingerprint density at radius 2 is 1.83 bits per heavy atom. The molecule has 1 fully saturated rings. The number of H-pyrrole nitrogens is 2. The summed E-state index contributed by atoms with van der Waals surface area (Å²) in [6, 6.07) is 15.7. The van der Waals surface area contributed by atoms with Gasteiger partial charge in [-0.3, -0.25) is 4.79 Å². The van der Waals surface area contributed by atoms with Crippen molar-refractivity contribution >= 4 is 5.97 Å². The third-order valence-corrected chi connectivity index (χ3v) is 4.48. The molecule has 158 valence electrons. The fourth-order valence-corrected chi connectivity index (χ4v) is 2.90. The van der Waals surface area contributed by atoms with Crippen molar-refractivity contribution in [3.05, 3.63) is 70.6 Å². The first-order chi connectivity index (χ1) is 14.2. The molecule has 2 aromatic heterocycles. The number of carbonyl (C=O) groups is 1. The standard InChI is InChI=1S/C18H16N2O3.C2HF3O2/c21-17-10-16(23-20-17)13-6-7-18(19-11-13)22-15-8-14(9-15)12-4-2-1-3-5-12;3-2(4,5)1(6)7/h1-7,10-11,14-15H,8-9H2,(H,20,21);(H,6,7). The van der Waals surface area contributed by atoms with Crippen molar-refractivity contribution in [1.82, 2.24) is 5.16 Å². The number of hydrogen-bond donors (Lipinski definition) is 1. The lowest BCUT2D eigenvalue weighted by Gasteiger charge is -2.34. The molecule has 1 aliphatic carbocycles. The lowest BCUT2D eigenvalue weighted by Crippen LogP contribution is -2.37. The zero-order valence-electron chi connectivity index (χ0n) is 15.4. The van der Waals surface area contributed by atoms with Crippen LogP contribution in [-0.2, 0) is 4.79 Å². The fraction of sp³-hybridized carbons (Fsp3) is 0.250. The van der Waals surface area contributed by atoms with Crippen LogP contribution in [0.15, 0.2) is 64.0 Å². The van der Waals surface area contributed by atoms with E-state index in [4.69, 9.17) is 19.2 Å². The van der Waals surface area contributed by atoms with Crippen LogP contribution in [-0.4, -0.2) is 23.4 Å². The number of carboxylic acids is 1. The third-order valence-electron chi connectivity index (χ3n) is 4.48. The number of pyridine rings is 1. The molecule has 0 aliphatic heterocycles. The third kappa shape index (κ3) is 5.49. The number of halogens is 3. The molecule has 0 spiro atoms. The van der Waals surface area contributed by atoms with Crippen LogP contribution in [0.3, 0.4) is 0 Å². The van der Waals surface area contributed by atoms with Gasteiger partial charge in [-0.05, 0) is 30.4 Å². The number of aromatic amines is 2. The predicted octanol–water partition coefficient (Wildman–Crippen LogP) is 2.07. The Bertz CT molecular complexity index is 1020. The number of aliphatic carboxylic acids is 1. The Balaban J connectivity index is 0.000000318. The van der Waals surface area contributed by atoms with Crippen LogP contribution in [0.2, 0.25) is 0 Å². The molecule has 2 N–H and O–H groups in total. The normalized spacial score (nSPS) is 18.0. The monoisotopic (exact) mass is 422 g/mol. The van der Waals surface area contributed by atoms with E-state index in [0.29, 0.717) is 11.7 Å². The molecule has 0 unspecified atom stereocenters. The molecule has 0 atom stereocenters. The second-order valence-electron chi connectivity index (χ2n) is 6.62. The summed E-state index contributed by atoms with van der Waals surface area (Å²) in [7, 11) is 0. The first kappa shape index (κ1) is 21.2. The Morgan fingerprint density at radius 1 is 1.17 bits per heavy atom. The minimum absolute atomic E-state index is 0.243. The number of ether oxygens (including phenoxy) is 1. The maximum atomic E-state index is 11.1. The molecule has 0 amide bonds. The van der Waals surface area contributed by atoms with E-state index in [0.717, 1.165) is 24.3 Å². The summed E-state index contributed by atoms with van der Waals surface area (Å²) >= 11 is 0. The molecule has 10 heteroatoms. The van der Waals surface area contributed by atoms with Crippen LogP contribution >= 0.6 is 0 Å². The van der Waals surface area contributed by atoms with Crippen molar-refractivity contribution in [2.24, 2.45) is 0 Å². The molecule has 0 bridgehead atoms. The SMILES string of the molecule is O=C([O-])C(F)(F)F.O=c1cc(-c2ccc(OC3CC(c4ccccc4)C3)[nH+]c2)o[nH]1. The van der Waals surface area contributed by atoms with E-state index in [-0.39, 0.29) is 11.7 Å². The van der Waals surface area contributed by atoms with Crippen LogP contribution in [0.1, 0.15) is 24.3 Å². The Hall–Kier alpha value is -3.56. The van der Waals surface area contributed by atoms with Gasteiger partial charge in [-0.25, -0.2) is 0 Å². The number of hydrogen-bond acceptors (Lipinski definition) is 5. The maximum Gasteiger partial charge on any atom is 0.430 e. The van der Waals surface area contributed by atoms with Gasteiger partial charge in [0.15, 0.2) is 12.0 Å². The van der Waals surface area contributed by atoms with E-state index >= 15 is 0 Å². The van der Waals surface area contributed by atoms with Gasteiger partial charge >= 0.3 is 12.1 Å². The van der Waals surface area contributed by atoms with Crippen LogP contribution in [0.4, 0.5) is 13.2 Å². The van der Waals surface area contributed by atoms with Gasteiger partial charge in [0, 0.05) is 0 Å². The number of alkyl halides is 3. The van der Waals surface area contributed by atoms with E-state index in [1.807, 2.05) is 18.2 Å². The molecular weight excluding hydrogens is 405 g/mol. The zero-order valence-corrected chi connectivity index (χ0v) is 15.4. The van der Waals surface area contributed by atoms with Crippen molar-refractivity contribution in [1.29, 1.82) is 0 Å². The first-order valence-corrected chi connectivity index (χ1v) is 8.93. The lowest BCUT2D eigenvalue weighted by atomic mass is 9.77. The van der Waals surface area contributed by atoms with Crippen molar-refractivity contribution in [2.45, 2.75) is 31.0 Å². The summed E-state index contributed by atoms with van der Waals surface area (Å²) in [6.45, 7) is 0. The summed E-state index contributed by atoms with van der Waals surface area (Å²) in [5.74, 6) is -1.18. The number of aromatic nitrogens is 2. The van der Waals surface area contributed by atoms with Crippen molar-refractivity contribution in [3.8, 4) is 17.2 Å². The lowest BCUT2D eigenvalue weighted by molar-refractivity contribution is -0.397. The number of carboxylic acid groups (broad SMARTS) is 1. The molecule has 2 heterocycles. The largest absolute Gasteiger partial charge is 0.542 e. The summed E-state index contributed by atoms with van der Waals surface area (Å²) in [5, 5.41) is 11.1. The predicted molar refractivity (Wildman–Crippen MR) is 95.2 cm³/mol. The van der Waals surface area contributed by atoms with Gasteiger partial charge in [-0.15, -0.1) is 0 Å². The second-order valence-corrected chi connectivity index (χ2v) is 6.62. The zero-order chi connectivity index (χ0) is 21.7. The molecule has 7 nitrogen and oxygen atoms in total. The Morgan fingerprint density at radius 3 is 2.33 bits per heavy atom. The molecular formula is C20H17F3N2O5. The van der Waals surface area contributed by atoms with Gasteiger partial charge < -0.3 is 19.2 Å². The highest BCUT2D eigenvalue weighted by molar-refractivity contribution is 5.70. The van der Waals surface area contributed by atoms with E-state index in [2.05, 4.69) is 34.4 Å². The molecule has 0 radical (unpaired) electrons. The van der Waals surface area contributed by atoms with E-state index < -0.39 is 12.1 Å². The quantitative estimate of drug-likeness (QED) is 0.692. The number of carbonyl (C=O) groups excluding carboxylic acids is 1. The number of benzene rings is 1. The van der Waals surface area contributed by atoms with Gasteiger partial charge in [0.1, 0.15) is 12.1 Å². The van der Waals surface area contributed by atoms with Gasteiger partial charge in [-0.2, -0.15) is 23.3 Å². The average molecular weight is 422 g/mol. The first-order valence-electron chi connectivity index (χ1n) is 8.93. The minimum atomic E-state index is -5.19. The van der Waals surface area contributed by atoms with Crippen molar-refractivity contribution in [2.75, 3.05) is 0 Å². The average Bonchev–Trinajstić information content (AvgIpc) is 3.11. The highest BCUT2D eigenvalue weighted by Gasteiger charge is 2.33. The van der Waals surface area contributed by atoms with Crippen molar-refractivity contribution < 1.29 is 37.3 Å². The Kier molecular flexibility index (Phi) is 6.24. The summed E-state index contributed by atoms with van der Waals surface area (Å²) in [6.07, 6.45) is -1.11. The van der Waals surface area contributed by atoms with Gasteiger partial charge in [0.05, 0.1) is 17.7 Å². The molecule has 4 rings (SSSR count). The smallest absolute Gasteiger partial charge is 0.430 e. The summed E-state index contributed by atoms with van der Waals surface area (Å²) in [4.78, 5) is 23.0. The number of nitrogens with one attached hydrogen (secondary N) is 2. The topological polar surface area (TPSA) is 110 Å². The molecule has 30 heavy (non-hydrogen) atoms. The fourth-order valence-electron chi connectivity index (χ4n) is 2.90. The maximum absolute atomic E-state index is 11.1. The van der Waals surface area contributed by atoms with Gasteiger partial charge in [0.25, 0.3) is 5.56 Å². The van der Waals surface area contributed by atoms with E-state index in [1.54, 1.807) is 6.20 Å². The highest BCUT2D eigenvalue weighted by Crippen LogP contribution is 2.38. The van der Waals surface area contributed by atoms with E-state index in [1.165, 1.54) is 11.6 Å². The van der Waals surface area contributed by atoms with Crippen LogP contribution in [0, 0.1) is 0 Å². The van der Waals surface area contributed by atoms with Gasteiger partial charge in [0.2, 0.25) is 0 Å². The molecule has 1 saturated carbocycles. The van der Waals surface area contributed by atoms with Crippen LogP contribution < -0.4 is 20.4 Å². The summed E-state index contributed by atoms with van der Waals surface area (Å²) < 4.78 is 42.6. The molecule has 1 aliphatic rings. The Labute approximate surface area is 168 Å². The van der Waals surface area contributed by atoms with Crippen LogP contribution in [0.5, 0.6) is 5.88 Å². The second kappa shape index (κ2) is 8.85. The highest BCUT2D eigenvalue weighted by atomic mass is 19.4. The molecule has 1 aromatic carbocycles. The minimum Gasteiger partial charge on any atom is -0.542 e. The molecule has 3 aromatic rings. The number of rotatable bonds is 4. The van der Waals surface area contributed by atoms with E-state index in [9.17, 15) is 18.0 Å². The van der Waals surface area contributed by atoms with Crippen molar-refractivity contribution in [3.63, 3.8) is 0 Å². The van der Waals surface area contributed by atoms with Gasteiger partial charge in [-0.1, -0.05) is 30.3 Å². The van der Waals surface area contributed by atoms with Crippen LogP contribution in [0.25, 0.3) is 11.3 Å².